The molecule has 0 unspecified atom stereocenters. The third-order valence-electron chi connectivity index (χ3n) is 9.13. The number of piperazine rings is 2. The highest BCUT2D eigenvalue weighted by Crippen LogP contribution is 2.20. The maximum atomic E-state index is 6.00. The predicted molar refractivity (Wildman–Crippen MR) is 178 cm³/mol. The van der Waals surface area contributed by atoms with Gasteiger partial charge in [-0.05, 0) is 126 Å². The lowest BCUT2D eigenvalue weighted by Crippen LogP contribution is -2.46. The molecule has 244 valence electrons. The minimum atomic E-state index is 0.772. The van der Waals surface area contributed by atoms with E-state index >= 15 is 0 Å². The summed E-state index contributed by atoms with van der Waals surface area (Å²) in [5.41, 5.74) is 0. The molecule has 8 bridgehead atoms. The minimum absolute atomic E-state index is 0.772. The molecule has 12 aliphatic heterocycles. The first-order valence-electron chi connectivity index (χ1n) is 17.4. The van der Waals surface area contributed by atoms with Crippen LogP contribution in [-0.4, -0.2) is 125 Å². The minimum Gasteiger partial charge on any atom is -0.494 e. The summed E-state index contributed by atoms with van der Waals surface area (Å²) in [4.78, 5) is 10.4. The Hall–Kier alpha value is -2.52. The molecular formula is C36H56N4O4. The van der Waals surface area contributed by atoms with E-state index in [0.29, 0.717) is 0 Å². The van der Waals surface area contributed by atoms with Crippen molar-refractivity contribution in [3.8, 4) is 23.0 Å². The summed E-state index contributed by atoms with van der Waals surface area (Å²) in [6.45, 7) is 17.1. The van der Waals surface area contributed by atoms with E-state index in [0.717, 1.165) is 101 Å². The van der Waals surface area contributed by atoms with Gasteiger partial charge in [0.2, 0.25) is 0 Å². The zero-order chi connectivity index (χ0) is 30.1. The standard InChI is InChI=1S/C36H56N4O4/c1-5-29-41-33-9-11-34(12-10-33)42-31-7-3-19-39-25-27-40(28-26-39)20-4-8-32-44-36-15-13-35(14-16-36)43-30-6-2-18-38-23-21-37(17-1)22-24-38/h9-16H,1-8,17-32H2. The van der Waals surface area contributed by atoms with Gasteiger partial charge in [0.25, 0.3) is 0 Å². The summed E-state index contributed by atoms with van der Waals surface area (Å²) in [5.74, 6) is 3.74. The fourth-order valence-electron chi connectivity index (χ4n) is 6.25. The molecule has 44 heavy (non-hydrogen) atoms. The Bertz CT molecular complexity index is 856. The van der Waals surface area contributed by atoms with Crippen molar-refractivity contribution in [2.75, 3.05) is 105 Å². The Morgan fingerprint density at radius 2 is 0.477 bits per heavy atom. The van der Waals surface area contributed by atoms with Gasteiger partial charge in [-0.2, -0.15) is 0 Å². The van der Waals surface area contributed by atoms with Gasteiger partial charge in [-0.25, -0.2) is 0 Å². The summed E-state index contributed by atoms with van der Waals surface area (Å²) in [5, 5.41) is 0. The van der Waals surface area contributed by atoms with Gasteiger partial charge >= 0.3 is 0 Å². The number of nitrogens with zero attached hydrogens (tertiary/aromatic N) is 4. The van der Waals surface area contributed by atoms with E-state index in [1.807, 2.05) is 48.5 Å². The normalized spacial score (nSPS) is 27.5. The molecule has 14 rings (SSSR count). The quantitative estimate of drug-likeness (QED) is 0.401. The van der Waals surface area contributed by atoms with Crippen molar-refractivity contribution in [1.29, 1.82) is 0 Å². The van der Waals surface area contributed by atoms with Crippen LogP contribution in [0.4, 0.5) is 0 Å². The third-order valence-corrected chi connectivity index (χ3v) is 9.13. The monoisotopic (exact) mass is 608 g/mol. The lowest BCUT2D eigenvalue weighted by atomic mass is 10.2. The van der Waals surface area contributed by atoms with E-state index in [2.05, 4.69) is 19.6 Å². The second-order valence-corrected chi connectivity index (χ2v) is 12.5. The molecule has 0 radical (unpaired) electrons. The number of hydrogen-bond donors (Lipinski definition) is 0. The molecule has 8 nitrogen and oxygen atoms in total. The number of hydrogen-bond acceptors (Lipinski definition) is 8. The highest BCUT2D eigenvalue weighted by molar-refractivity contribution is 5.32. The van der Waals surface area contributed by atoms with Crippen molar-refractivity contribution in [1.82, 2.24) is 19.6 Å². The lowest BCUT2D eigenvalue weighted by molar-refractivity contribution is 0.126. The Morgan fingerprint density at radius 1 is 0.273 bits per heavy atom. The fraction of sp³-hybridized carbons (Fsp3) is 0.667. The molecule has 8 heteroatoms. The van der Waals surface area contributed by atoms with Gasteiger partial charge < -0.3 is 38.5 Å². The van der Waals surface area contributed by atoms with Crippen molar-refractivity contribution in [2.24, 2.45) is 0 Å². The average Bonchev–Trinajstić information content (AvgIpc) is 3.06. The Morgan fingerprint density at radius 3 is 0.682 bits per heavy atom. The molecule has 0 saturated carbocycles. The zero-order valence-electron chi connectivity index (χ0n) is 27.0. The topological polar surface area (TPSA) is 49.9 Å². The molecule has 0 spiro atoms. The van der Waals surface area contributed by atoms with Gasteiger partial charge in [0.15, 0.2) is 0 Å². The van der Waals surface area contributed by atoms with E-state index < -0.39 is 0 Å². The smallest absolute Gasteiger partial charge is 0.119 e. The van der Waals surface area contributed by atoms with Crippen LogP contribution in [0.5, 0.6) is 23.0 Å². The molecule has 0 atom stereocenters. The molecule has 2 aromatic carbocycles. The molecule has 0 aliphatic carbocycles. The molecule has 0 N–H and O–H groups in total. The van der Waals surface area contributed by atoms with E-state index in [1.54, 1.807) is 0 Å². The maximum absolute atomic E-state index is 6.00. The van der Waals surface area contributed by atoms with Gasteiger partial charge in [-0.3, -0.25) is 0 Å². The Balaban J connectivity index is 1.02. The van der Waals surface area contributed by atoms with Gasteiger partial charge in [0.05, 0.1) is 26.4 Å². The fourth-order valence-corrected chi connectivity index (χ4v) is 6.25. The molecule has 2 aromatic rings. The Labute approximate surface area is 266 Å². The van der Waals surface area contributed by atoms with E-state index in [9.17, 15) is 0 Å². The van der Waals surface area contributed by atoms with Crippen LogP contribution in [0, 0.1) is 0 Å². The SMILES string of the molecule is c1cc2ccc1OCCCCN1CCN(CCCCOc3ccc(cc3)OCCCCN3CCN(CCCCO2)CC3)CC1. The van der Waals surface area contributed by atoms with Crippen molar-refractivity contribution in [2.45, 2.75) is 51.4 Å². The van der Waals surface area contributed by atoms with Crippen LogP contribution in [-0.2, 0) is 0 Å². The van der Waals surface area contributed by atoms with Crippen molar-refractivity contribution in [3.05, 3.63) is 48.5 Å². The predicted octanol–water partition coefficient (Wildman–Crippen LogP) is 5.27. The van der Waals surface area contributed by atoms with Crippen LogP contribution >= 0.6 is 0 Å². The first-order valence-corrected chi connectivity index (χ1v) is 17.4. The van der Waals surface area contributed by atoms with Gasteiger partial charge in [0, 0.05) is 52.4 Å². The van der Waals surface area contributed by atoms with Crippen molar-refractivity contribution >= 4 is 0 Å². The first kappa shape index (κ1) is 32.9. The molecule has 2 saturated heterocycles. The second kappa shape index (κ2) is 19.1. The van der Waals surface area contributed by atoms with E-state index in [1.165, 1.54) is 78.0 Å². The van der Waals surface area contributed by atoms with Crippen LogP contribution in [0.2, 0.25) is 0 Å². The highest BCUT2D eigenvalue weighted by atomic mass is 16.5. The van der Waals surface area contributed by atoms with Crippen LogP contribution < -0.4 is 18.9 Å². The van der Waals surface area contributed by atoms with E-state index in [4.69, 9.17) is 18.9 Å². The first-order chi connectivity index (χ1) is 21.8. The lowest BCUT2D eigenvalue weighted by Gasteiger charge is -2.34. The third kappa shape index (κ3) is 12.1. The number of ether oxygens (including phenoxy) is 4. The largest absolute Gasteiger partial charge is 0.494 e. The number of rotatable bonds is 0. The zero-order valence-corrected chi connectivity index (χ0v) is 27.0. The molecule has 12 heterocycles. The number of benzene rings is 2. The highest BCUT2D eigenvalue weighted by Gasteiger charge is 2.17. The second-order valence-electron chi connectivity index (χ2n) is 12.5. The van der Waals surface area contributed by atoms with Crippen LogP contribution in [0.15, 0.2) is 48.5 Å². The molecule has 2 fully saturated rings. The molecule has 0 aromatic heterocycles. The van der Waals surface area contributed by atoms with Crippen LogP contribution in [0.1, 0.15) is 51.4 Å². The summed E-state index contributed by atoms with van der Waals surface area (Å²) in [6.07, 6.45) is 9.07. The van der Waals surface area contributed by atoms with Crippen LogP contribution in [0.25, 0.3) is 0 Å². The van der Waals surface area contributed by atoms with Crippen molar-refractivity contribution in [3.63, 3.8) is 0 Å². The van der Waals surface area contributed by atoms with Crippen LogP contribution in [0.3, 0.4) is 0 Å². The summed E-state index contributed by atoms with van der Waals surface area (Å²) in [7, 11) is 0. The van der Waals surface area contributed by atoms with Gasteiger partial charge in [-0.15, -0.1) is 0 Å². The average molecular weight is 609 g/mol. The molecule has 12 aliphatic rings. The maximum Gasteiger partial charge on any atom is 0.119 e. The van der Waals surface area contributed by atoms with E-state index in [-0.39, 0.29) is 0 Å². The summed E-state index contributed by atoms with van der Waals surface area (Å²) in [6, 6.07) is 16.3. The molecule has 0 amide bonds. The summed E-state index contributed by atoms with van der Waals surface area (Å²) >= 11 is 0. The van der Waals surface area contributed by atoms with Gasteiger partial charge in [-0.1, -0.05) is 0 Å². The summed E-state index contributed by atoms with van der Waals surface area (Å²) < 4.78 is 24.0. The Kier molecular flexibility index (Phi) is 14.3. The van der Waals surface area contributed by atoms with Crippen molar-refractivity contribution < 1.29 is 18.9 Å². The molecular weight excluding hydrogens is 552 g/mol. The van der Waals surface area contributed by atoms with Gasteiger partial charge in [0.1, 0.15) is 23.0 Å².